The number of aryl methyl sites for hydroxylation is 1. The predicted octanol–water partition coefficient (Wildman–Crippen LogP) is 4.69. The van der Waals surface area contributed by atoms with Gasteiger partial charge in [0.15, 0.2) is 5.13 Å². The molecule has 0 aliphatic rings. The van der Waals surface area contributed by atoms with Crippen molar-refractivity contribution in [1.82, 2.24) is 9.97 Å². The van der Waals surface area contributed by atoms with Crippen molar-refractivity contribution in [3.63, 3.8) is 0 Å². The summed E-state index contributed by atoms with van der Waals surface area (Å²) in [6.07, 6.45) is 0.307. The van der Waals surface area contributed by atoms with E-state index in [4.69, 9.17) is 4.11 Å². The molecule has 25 heavy (non-hydrogen) atoms. The van der Waals surface area contributed by atoms with E-state index < -0.39 is 18.7 Å². The first-order valence-electron chi connectivity index (χ1n) is 8.87. The minimum atomic E-state index is -2.64. The Hall–Kier alpha value is -2.85. The van der Waals surface area contributed by atoms with Crippen molar-refractivity contribution in [2.75, 3.05) is 11.9 Å². The van der Waals surface area contributed by atoms with Gasteiger partial charge in [0, 0.05) is 16.7 Å². The lowest BCUT2D eigenvalue weighted by Crippen LogP contribution is -2.12. The quantitative estimate of drug-likeness (QED) is 0.635. The Morgan fingerprint density at radius 3 is 2.60 bits per heavy atom. The first-order valence-corrected chi connectivity index (χ1v) is 8.18. The molecule has 0 saturated carbocycles. The standard InChI is InChI=1S/C18H14F2N4S/c1-3-13-14(8-9-16(20)22-13)24(2)18-23-17(15(10-21)25-18)11-4-6-12(19)7-5-11/h4-9H,3H2,1-2H3/i2D3. The highest BCUT2D eigenvalue weighted by Gasteiger charge is 2.18. The van der Waals surface area contributed by atoms with Gasteiger partial charge in [0.2, 0.25) is 5.95 Å². The van der Waals surface area contributed by atoms with Crippen molar-refractivity contribution >= 4 is 22.2 Å². The summed E-state index contributed by atoms with van der Waals surface area (Å²) >= 11 is 0.890. The van der Waals surface area contributed by atoms with Crippen LogP contribution in [0.3, 0.4) is 0 Å². The van der Waals surface area contributed by atoms with Crippen LogP contribution in [0.15, 0.2) is 36.4 Å². The maximum Gasteiger partial charge on any atom is 0.213 e. The van der Waals surface area contributed by atoms with E-state index in [1.165, 1.54) is 30.3 Å². The molecule has 3 aromatic rings. The summed E-state index contributed by atoms with van der Waals surface area (Å²) in [5, 5.41) is 9.51. The van der Waals surface area contributed by atoms with Gasteiger partial charge in [0.1, 0.15) is 22.5 Å². The number of hydrogen-bond donors (Lipinski definition) is 0. The Bertz CT molecular complexity index is 1040. The minimum Gasteiger partial charge on any atom is -0.319 e. The molecule has 0 spiro atoms. The molecule has 126 valence electrons. The molecule has 0 atom stereocenters. The van der Waals surface area contributed by atoms with Gasteiger partial charge in [-0.3, -0.25) is 0 Å². The molecule has 0 aliphatic carbocycles. The summed E-state index contributed by atoms with van der Waals surface area (Å²) in [5.74, 6) is -1.15. The van der Waals surface area contributed by atoms with Gasteiger partial charge in [0.05, 0.1) is 11.4 Å². The van der Waals surface area contributed by atoms with Crippen molar-refractivity contribution in [2.24, 2.45) is 0 Å². The molecule has 4 nitrogen and oxygen atoms in total. The summed E-state index contributed by atoms with van der Waals surface area (Å²) in [7, 11) is 0. The molecule has 0 unspecified atom stereocenters. The van der Waals surface area contributed by atoms with Gasteiger partial charge in [-0.1, -0.05) is 18.3 Å². The van der Waals surface area contributed by atoms with E-state index in [1.807, 2.05) is 6.07 Å². The molecule has 2 aromatic heterocycles. The zero-order valence-corrected chi connectivity index (χ0v) is 13.9. The maximum atomic E-state index is 13.5. The lowest BCUT2D eigenvalue weighted by atomic mass is 10.1. The zero-order chi connectivity index (χ0) is 20.5. The summed E-state index contributed by atoms with van der Waals surface area (Å²) in [5.41, 5.74) is 1.18. The molecule has 0 fully saturated rings. The third kappa shape index (κ3) is 3.35. The second-order valence-electron chi connectivity index (χ2n) is 5.08. The summed E-state index contributed by atoms with van der Waals surface area (Å²) in [4.78, 5) is 9.27. The van der Waals surface area contributed by atoms with E-state index in [-0.39, 0.29) is 27.1 Å². The molecule has 0 bridgehead atoms. The highest BCUT2D eigenvalue weighted by Crippen LogP contribution is 2.36. The van der Waals surface area contributed by atoms with Crippen LogP contribution in [0.1, 0.15) is 21.6 Å². The van der Waals surface area contributed by atoms with Crippen molar-refractivity contribution in [3.8, 4) is 17.3 Å². The summed E-state index contributed by atoms with van der Waals surface area (Å²) in [6, 6.07) is 9.80. The lowest BCUT2D eigenvalue weighted by Gasteiger charge is -2.18. The normalized spacial score (nSPS) is 12.8. The van der Waals surface area contributed by atoms with Crippen LogP contribution in [0, 0.1) is 23.1 Å². The van der Waals surface area contributed by atoms with E-state index in [0.29, 0.717) is 12.0 Å². The molecule has 2 heterocycles. The molecule has 0 amide bonds. The van der Waals surface area contributed by atoms with E-state index in [2.05, 4.69) is 9.97 Å². The number of nitrogens with zero attached hydrogens (tertiary/aromatic N) is 4. The first kappa shape index (κ1) is 13.4. The Labute approximate surface area is 152 Å². The van der Waals surface area contributed by atoms with Gasteiger partial charge < -0.3 is 4.90 Å². The highest BCUT2D eigenvalue weighted by molar-refractivity contribution is 7.16. The van der Waals surface area contributed by atoms with Gasteiger partial charge in [0.25, 0.3) is 0 Å². The van der Waals surface area contributed by atoms with Gasteiger partial charge in [-0.15, -0.1) is 0 Å². The number of aromatic nitrogens is 2. The number of thiazole rings is 1. The highest BCUT2D eigenvalue weighted by atomic mass is 32.1. The van der Waals surface area contributed by atoms with Crippen LogP contribution in [0.2, 0.25) is 0 Å². The number of rotatable bonds is 4. The third-order valence-electron chi connectivity index (χ3n) is 3.52. The lowest BCUT2D eigenvalue weighted by molar-refractivity contribution is 0.577. The molecule has 7 heteroatoms. The first-order chi connectivity index (χ1) is 13.2. The number of hydrogen-bond acceptors (Lipinski definition) is 5. The Kier molecular flexibility index (Phi) is 3.74. The minimum absolute atomic E-state index is 0.0407. The van der Waals surface area contributed by atoms with Crippen LogP contribution in [0.4, 0.5) is 19.6 Å². The van der Waals surface area contributed by atoms with E-state index in [9.17, 15) is 14.0 Å². The van der Waals surface area contributed by atoms with Crippen LogP contribution in [0.5, 0.6) is 0 Å². The Balaban J connectivity index is 2.18. The number of benzene rings is 1. The van der Waals surface area contributed by atoms with Gasteiger partial charge >= 0.3 is 0 Å². The fourth-order valence-electron chi connectivity index (χ4n) is 2.32. The van der Waals surface area contributed by atoms with Gasteiger partial charge in [-0.05, 0) is 42.8 Å². The third-order valence-corrected chi connectivity index (χ3v) is 4.46. The molecule has 3 rings (SSSR count). The van der Waals surface area contributed by atoms with E-state index >= 15 is 0 Å². The molecule has 0 saturated heterocycles. The maximum absolute atomic E-state index is 13.5. The van der Waals surface area contributed by atoms with Gasteiger partial charge in [-0.25, -0.2) is 14.4 Å². The van der Waals surface area contributed by atoms with Crippen molar-refractivity contribution in [2.45, 2.75) is 13.3 Å². The topological polar surface area (TPSA) is 52.8 Å². The van der Waals surface area contributed by atoms with Crippen LogP contribution < -0.4 is 4.90 Å². The number of pyridine rings is 1. The molecule has 1 aromatic carbocycles. The van der Waals surface area contributed by atoms with Crippen LogP contribution >= 0.6 is 11.3 Å². The zero-order valence-electron chi connectivity index (χ0n) is 16.1. The second kappa shape index (κ2) is 6.95. The monoisotopic (exact) mass is 359 g/mol. The molecule has 0 aliphatic heterocycles. The number of anilines is 2. The van der Waals surface area contributed by atoms with Crippen molar-refractivity contribution < 1.29 is 12.9 Å². The fraction of sp³-hybridized carbons (Fsp3) is 0.167. The van der Waals surface area contributed by atoms with Crippen LogP contribution in [-0.4, -0.2) is 16.9 Å². The molecule has 0 N–H and O–H groups in total. The van der Waals surface area contributed by atoms with Gasteiger partial charge in [-0.2, -0.15) is 9.65 Å². The average molecular weight is 359 g/mol. The molecule has 0 radical (unpaired) electrons. The average Bonchev–Trinajstić information content (AvgIpc) is 3.06. The summed E-state index contributed by atoms with van der Waals surface area (Å²) in [6.45, 7) is -0.913. The second-order valence-corrected chi connectivity index (χ2v) is 6.06. The Morgan fingerprint density at radius 1 is 1.20 bits per heavy atom. The van der Waals surface area contributed by atoms with Crippen LogP contribution in [0.25, 0.3) is 11.3 Å². The number of halogens is 2. The largest absolute Gasteiger partial charge is 0.319 e. The SMILES string of the molecule is [2H]C([2H])([2H])N(c1nc(-c2ccc(F)cc2)c(C#N)s1)c1ccc(F)nc1CC. The van der Waals surface area contributed by atoms with Crippen LogP contribution in [-0.2, 0) is 6.42 Å². The van der Waals surface area contributed by atoms with Crippen molar-refractivity contribution in [1.29, 1.82) is 5.26 Å². The smallest absolute Gasteiger partial charge is 0.213 e. The van der Waals surface area contributed by atoms with E-state index in [0.717, 1.165) is 22.3 Å². The fourth-order valence-corrected chi connectivity index (χ4v) is 3.13. The number of nitriles is 1. The van der Waals surface area contributed by atoms with Crippen molar-refractivity contribution in [3.05, 3.63) is 58.7 Å². The summed E-state index contributed by atoms with van der Waals surface area (Å²) < 4.78 is 50.5. The predicted molar refractivity (Wildman–Crippen MR) is 93.9 cm³/mol. The Morgan fingerprint density at radius 2 is 1.96 bits per heavy atom. The molecular weight excluding hydrogens is 342 g/mol. The molecular formula is C18H14F2N4S. The van der Waals surface area contributed by atoms with E-state index in [1.54, 1.807) is 6.92 Å².